The van der Waals surface area contributed by atoms with E-state index in [0.29, 0.717) is 0 Å². The zero-order chi connectivity index (χ0) is 25.0. The van der Waals surface area contributed by atoms with Gasteiger partial charge in [0, 0.05) is 0 Å². The fourth-order valence-electron chi connectivity index (χ4n) is 0.289. The molecule has 0 unspecified atom stereocenters. The molecule has 0 amide bonds. The summed E-state index contributed by atoms with van der Waals surface area (Å²) in [4.78, 5) is 0. The van der Waals surface area contributed by atoms with Gasteiger partial charge in [0.25, 0.3) is 0 Å². The van der Waals surface area contributed by atoms with Gasteiger partial charge >= 0.3 is 0 Å². The van der Waals surface area contributed by atoms with Gasteiger partial charge in [-0.05, 0) is 0 Å². The largest absolute Gasteiger partial charge is 0.394 e. The van der Waals surface area contributed by atoms with E-state index in [1.54, 1.807) is 0 Å². The molecule has 0 aromatic rings. The summed E-state index contributed by atoms with van der Waals surface area (Å²) in [7, 11) is 0. The smallest absolute Gasteiger partial charge is 0.100 e. The maximum absolute atomic E-state index is 8.17. The third-order valence-electron chi connectivity index (χ3n) is 2.11. The van der Waals surface area contributed by atoms with Crippen LogP contribution in [-0.2, 0) is 0 Å². The summed E-state index contributed by atoms with van der Waals surface area (Å²) < 4.78 is 0. The Bertz CT molecular complexity index is 184. The molecule has 0 rings (SSSR count). The van der Waals surface area contributed by atoms with E-state index < -0.39 is 30.5 Å². The van der Waals surface area contributed by atoms with E-state index in [2.05, 4.69) is 0 Å². The second-order valence-corrected chi connectivity index (χ2v) is 5.09. The Morgan fingerprint density at radius 2 is 0.300 bits per heavy atom. The lowest BCUT2D eigenvalue weighted by Gasteiger charge is -1.96. The summed E-state index contributed by atoms with van der Waals surface area (Å²) in [6.07, 6.45) is -4.77. The molecule has 190 valence electrons. The second-order valence-electron chi connectivity index (χ2n) is 5.09. The number of aliphatic hydroxyl groups is 15. The van der Waals surface area contributed by atoms with Crippen LogP contribution in [0, 0.1) is 0 Å². The summed E-state index contributed by atoms with van der Waals surface area (Å²) in [5.41, 5.74) is 0. The van der Waals surface area contributed by atoms with Gasteiger partial charge in [0.15, 0.2) is 0 Å². The summed E-state index contributed by atoms with van der Waals surface area (Å²) in [6.45, 7) is -3.65. The molecule has 0 saturated heterocycles. The molecule has 0 aromatic carbocycles. The van der Waals surface area contributed by atoms with Crippen LogP contribution in [0.2, 0.25) is 0 Å². The summed E-state index contributed by atoms with van der Waals surface area (Å²) in [6, 6.07) is 0. The minimum Gasteiger partial charge on any atom is -0.394 e. The van der Waals surface area contributed by atoms with Gasteiger partial charge in [0.1, 0.15) is 30.5 Å². The predicted molar refractivity (Wildman–Crippen MR) is 101 cm³/mol. The normalized spacial score (nSPS) is 10.0. The Morgan fingerprint density at radius 3 is 0.300 bits per heavy atom. The van der Waals surface area contributed by atoms with Crippen molar-refractivity contribution in [2.24, 2.45) is 0 Å². The van der Waals surface area contributed by atoms with Crippen LogP contribution in [0.25, 0.3) is 0 Å². The van der Waals surface area contributed by atoms with E-state index in [1.165, 1.54) is 0 Å². The molecule has 0 heterocycles. The molecular formula is C15H40O15. The van der Waals surface area contributed by atoms with Crippen LogP contribution in [-0.4, -0.2) is 173 Å². The molecular weight excluding hydrogens is 420 g/mol. The zero-order valence-electron chi connectivity index (χ0n) is 16.7. The Hall–Kier alpha value is -0.600. The first-order valence-electron chi connectivity index (χ1n) is 8.54. The fourth-order valence-corrected chi connectivity index (χ4v) is 0.289. The highest BCUT2D eigenvalue weighted by atomic mass is 16.4. The minimum absolute atomic E-state index is 0.365. The van der Waals surface area contributed by atoms with E-state index in [0.717, 1.165) is 0 Å². The van der Waals surface area contributed by atoms with Crippen molar-refractivity contribution < 1.29 is 76.6 Å². The Kier molecular flexibility index (Phi) is 47.5. The average Bonchev–Trinajstić information content (AvgIpc) is 2.82. The molecule has 0 atom stereocenters. The van der Waals surface area contributed by atoms with Crippen molar-refractivity contribution in [1.29, 1.82) is 0 Å². The van der Waals surface area contributed by atoms with Gasteiger partial charge in [-0.2, -0.15) is 0 Å². The van der Waals surface area contributed by atoms with Gasteiger partial charge in [-0.15, -0.1) is 0 Å². The SMILES string of the molecule is OCC(O)CO.OCC(O)CO.OCC(O)CO.OCC(O)CO.OCC(O)CO. The van der Waals surface area contributed by atoms with Crippen molar-refractivity contribution >= 4 is 0 Å². The first kappa shape index (κ1) is 39.8. The number of hydrogen-bond donors (Lipinski definition) is 15. The lowest BCUT2D eigenvalue weighted by Crippen LogP contribution is -2.15. The summed E-state index contributed by atoms with van der Waals surface area (Å²) >= 11 is 0. The van der Waals surface area contributed by atoms with E-state index >= 15 is 0 Å². The van der Waals surface area contributed by atoms with Crippen LogP contribution in [0.1, 0.15) is 0 Å². The van der Waals surface area contributed by atoms with E-state index in [9.17, 15) is 0 Å². The molecule has 0 aliphatic rings. The highest BCUT2D eigenvalue weighted by Gasteiger charge is 1.95. The van der Waals surface area contributed by atoms with E-state index in [-0.39, 0.29) is 66.1 Å². The lowest BCUT2D eigenvalue weighted by atomic mass is 10.4. The molecule has 15 N–H and O–H groups in total. The highest BCUT2D eigenvalue weighted by Crippen LogP contribution is 1.73. The first-order valence-corrected chi connectivity index (χ1v) is 8.54. The fraction of sp³-hybridized carbons (Fsp3) is 1.00. The van der Waals surface area contributed by atoms with Crippen molar-refractivity contribution in [3.8, 4) is 0 Å². The van der Waals surface area contributed by atoms with Crippen molar-refractivity contribution in [3.63, 3.8) is 0 Å². The van der Waals surface area contributed by atoms with Gasteiger partial charge in [-0.25, -0.2) is 0 Å². The standard InChI is InChI=1S/5C3H8O3/c5*4-1-3(6)2-5/h5*3-6H,1-2H2. The quantitative estimate of drug-likeness (QED) is 0.144. The maximum Gasteiger partial charge on any atom is 0.100 e. The first-order chi connectivity index (χ1) is 14.0. The molecule has 0 bridgehead atoms. The van der Waals surface area contributed by atoms with Gasteiger partial charge in [0.2, 0.25) is 0 Å². The van der Waals surface area contributed by atoms with Crippen molar-refractivity contribution in [2.45, 2.75) is 30.5 Å². The number of rotatable bonds is 10. The molecule has 0 fully saturated rings. The molecule has 15 heteroatoms. The molecule has 0 aliphatic heterocycles. The molecule has 30 heavy (non-hydrogen) atoms. The van der Waals surface area contributed by atoms with Gasteiger partial charge in [-0.3, -0.25) is 0 Å². The van der Waals surface area contributed by atoms with E-state index in [4.69, 9.17) is 76.6 Å². The van der Waals surface area contributed by atoms with Gasteiger partial charge in [0.05, 0.1) is 66.1 Å². The lowest BCUT2D eigenvalue weighted by molar-refractivity contribution is 0.0450. The van der Waals surface area contributed by atoms with Crippen molar-refractivity contribution in [1.82, 2.24) is 0 Å². The summed E-state index contributed by atoms with van der Waals surface area (Å²) in [5.74, 6) is 0. The maximum atomic E-state index is 8.17. The number of aliphatic hydroxyl groups excluding tert-OH is 15. The topological polar surface area (TPSA) is 303 Å². The Morgan fingerprint density at radius 1 is 0.233 bits per heavy atom. The average molecular weight is 460 g/mol. The third-order valence-corrected chi connectivity index (χ3v) is 2.11. The molecule has 0 spiro atoms. The number of hydrogen-bond acceptors (Lipinski definition) is 15. The Balaban J connectivity index is -0.0000000868. The molecule has 0 aliphatic carbocycles. The van der Waals surface area contributed by atoms with Crippen LogP contribution < -0.4 is 0 Å². The Labute approximate surface area is 174 Å². The van der Waals surface area contributed by atoms with Gasteiger partial charge in [-0.1, -0.05) is 0 Å². The van der Waals surface area contributed by atoms with Crippen molar-refractivity contribution in [3.05, 3.63) is 0 Å². The monoisotopic (exact) mass is 460 g/mol. The minimum atomic E-state index is -0.954. The zero-order valence-corrected chi connectivity index (χ0v) is 16.7. The molecule has 0 radical (unpaired) electrons. The van der Waals surface area contributed by atoms with Gasteiger partial charge < -0.3 is 76.6 Å². The summed E-state index contributed by atoms with van der Waals surface area (Å²) in [5, 5.41) is 120. The van der Waals surface area contributed by atoms with Crippen LogP contribution >= 0.6 is 0 Å². The van der Waals surface area contributed by atoms with E-state index in [1.807, 2.05) is 0 Å². The van der Waals surface area contributed by atoms with Crippen LogP contribution in [0.4, 0.5) is 0 Å². The van der Waals surface area contributed by atoms with Crippen LogP contribution in [0.15, 0.2) is 0 Å². The predicted octanol–water partition coefficient (Wildman–Crippen LogP) is -8.34. The third kappa shape index (κ3) is 50.7. The van der Waals surface area contributed by atoms with Crippen LogP contribution in [0.5, 0.6) is 0 Å². The molecule has 0 aromatic heterocycles. The second kappa shape index (κ2) is 35.8. The molecule has 0 saturated carbocycles. The highest BCUT2D eigenvalue weighted by molar-refractivity contribution is 4.45. The molecule has 15 nitrogen and oxygen atoms in total. The van der Waals surface area contributed by atoms with Crippen molar-refractivity contribution in [2.75, 3.05) is 66.1 Å². The van der Waals surface area contributed by atoms with Crippen LogP contribution in [0.3, 0.4) is 0 Å².